The molecule has 0 aromatic heterocycles. The molecule has 17 heavy (non-hydrogen) atoms. The smallest absolute Gasteiger partial charge is 0.166 e. The predicted molar refractivity (Wildman–Crippen MR) is 72.0 cm³/mol. The molecule has 1 aromatic rings. The molecule has 0 fully saturated rings. The Bertz CT molecular complexity index is 463. The summed E-state index contributed by atoms with van der Waals surface area (Å²) in [6, 6.07) is 5.06. The van der Waals surface area contributed by atoms with Gasteiger partial charge in [-0.1, -0.05) is 34.9 Å². The van der Waals surface area contributed by atoms with Crippen LogP contribution in [0.1, 0.15) is 42.5 Å². The van der Waals surface area contributed by atoms with Crippen LogP contribution >= 0.6 is 23.2 Å². The molecular formula is C14H14Cl2O. The zero-order chi connectivity index (χ0) is 12.3. The second kappa shape index (κ2) is 5.70. The van der Waals surface area contributed by atoms with Gasteiger partial charge in [-0.3, -0.25) is 4.79 Å². The molecule has 1 aromatic carbocycles. The Morgan fingerprint density at radius 2 is 2.00 bits per heavy atom. The van der Waals surface area contributed by atoms with E-state index in [0.717, 1.165) is 12.8 Å². The Kier molecular flexibility index (Phi) is 4.25. The van der Waals surface area contributed by atoms with Gasteiger partial charge in [-0.05, 0) is 43.9 Å². The normalized spacial score (nSPS) is 15.5. The molecule has 1 nitrogen and oxygen atoms in total. The third-order valence-corrected chi connectivity index (χ3v) is 3.75. The number of ketones is 1. The van der Waals surface area contributed by atoms with E-state index in [1.807, 2.05) is 0 Å². The predicted octanol–water partition coefficient (Wildman–Crippen LogP) is 5.07. The summed E-state index contributed by atoms with van der Waals surface area (Å²) in [5, 5.41) is 0.926. The Hall–Kier alpha value is -0.790. The molecule has 0 unspecified atom stereocenters. The first-order valence-electron chi connectivity index (χ1n) is 5.83. The zero-order valence-corrected chi connectivity index (χ0v) is 11.0. The third-order valence-electron chi connectivity index (χ3n) is 3.01. The molecule has 3 heteroatoms. The molecule has 0 saturated carbocycles. The van der Waals surface area contributed by atoms with Crippen molar-refractivity contribution in [1.82, 2.24) is 0 Å². The average molecular weight is 269 g/mol. The van der Waals surface area contributed by atoms with Crippen molar-refractivity contribution < 1.29 is 4.79 Å². The van der Waals surface area contributed by atoms with E-state index in [2.05, 4.69) is 6.08 Å². The van der Waals surface area contributed by atoms with E-state index < -0.39 is 0 Å². The summed E-state index contributed by atoms with van der Waals surface area (Å²) in [6.45, 7) is 0. The van der Waals surface area contributed by atoms with Crippen LogP contribution in [0.3, 0.4) is 0 Å². The number of Topliss-reactive ketones (excluding diaryl/α,β-unsaturated/α-hetero) is 1. The second-order valence-corrected chi connectivity index (χ2v) is 5.15. The fourth-order valence-corrected chi connectivity index (χ4v) is 2.34. The highest BCUT2D eigenvalue weighted by molar-refractivity contribution is 6.42. The minimum atomic E-state index is 0.122. The highest BCUT2D eigenvalue weighted by Gasteiger charge is 2.12. The quantitative estimate of drug-likeness (QED) is 0.553. The second-order valence-electron chi connectivity index (χ2n) is 4.34. The van der Waals surface area contributed by atoms with Crippen molar-refractivity contribution in [1.29, 1.82) is 0 Å². The maximum Gasteiger partial charge on any atom is 0.166 e. The van der Waals surface area contributed by atoms with Gasteiger partial charge < -0.3 is 0 Å². The number of halogens is 2. The summed E-state index contributed by atoms with van der Waals surface area (Å²) in [7, 11) is 0. The molecule has 0 bridgehead atoms. The Balaban J connectivity index is 2.09. The van der Waals surface area contributed by atoms with Gasteiger partial charge in [0.05, 0.1) is 10.0 Å². The molecule has 90 valence electrons. The third kappa shape index (κ3) is 3.34. The molecule has 0 atom stereocenters. The number of hydrogen-bond donors (Lipinski definition) is 0. The fourth-order valence-electron chi connectivity index (χ4n) is 2.04. The van der Waals surface area contributed by atoms with Crippen LogP contribution in [0, 0.1) is 0 Å². The standard InChI is InChI=1S/C14H14Cl2O/c15-12-7-6-11(9-13(12)16)14(17)8-10-4-2-1-3-5-10/h4,6-7,9H,1-3,5,8H2. The first-order chi connectivity index (χ1) is 8.16. The lowest BCUT2D eigenvalue weighted by atomic mass is 9.94. The maximum absolute atomic E-state index is 12.0. The fraction of sp³-hybridized carbons (Fsp3) is 0.357. The van der Waals surface area contributed by atoms with Crippen molar-refractivity contribution in [2.45, 2.75) is 32.1 Å². The van der Waals surface area contributed by atoms with Gasteiger partial charge in [-0.15, -0.1) is 0 Å². The van der Waals surface area contributed by atoms with Gasteiger partial charge in [-0.25, -0.2) is 0 Å². The summed E-state index contributed by atoms with van der Waals surface area (Å²) >= 11 is 11.7. The van der Waals surface area contributed by atoms with Gasteiger partial charge in [0, 0.05) is 12.0 Å². The van der Waals surface area contributed by atoms with E-state index in [0.29, 0.717) is 22.0 Å². The molecule has 0 radical (unpaired) electrons. The van der Waals surface area contributed by atoms with Crippen LogP contribution in [0.2, 0.25) is 10.0 Å². The summed E-state index contributed by atoms with van der Waals surface area (Å²) in [6.07, 6.45) is 7.29. The van der Waals surface area contributed by atoms with Crippen molar-refractivity contribution in [3.05, 3.63) is 45.5 Å². The van der Waals surface area contributed by atoms with Crippen LogP contribution in [0.25, 0.3) is 0 Å². The van der Waals surface area contributed by atoms with E-state index in [1.165, 1.54) is 18.4 Å². The first-order valence-corrected chi connectivity index (χ1v) is 6.58. The number of hydrogen-bond acceptors (Lipinski definition) is 1. The van der Waals surface area contributed by atoms with Crippen LogP contribution in [-0.4, -0.2) is 5.78 Å². The largest absolute Gasteiger partial charge is 0.294 e. The van der Waals surface area contributed by atoms with Crippen molar-refractivity contribution in [2.24, 2.45) is 0 Å². The molecule has 0 amide bonds. The van der Waals surface area contributed by atoms with Crippen LogP contribution in [-0.2, 0) is 0 Å². The van der Waals surface area contributed by atoms with Crippen LogP contribution in [0.5, 0.6) is 0 Å². The molecule has 1 aliphatic rings. The molecule has 0 spiro atoms. The van der Waals surface area contributed by atoms with Crippen LogP contribution < -0.4 is 0 Å². The molecule has 2 rings (SSSR count). The number of rotatable bonds is 3. The summed E-state index contributed by atoms with van der Waals surface area (Å²) in [5.74, 6) is 0.122. The topological polar surface area (TPSA) is 17.1 Å². The minimum absolute atomic E-state index is 0.122. The van der Waals surface area contributed by atoms with Crippen LogP contribution in [0.4, 0.5) is 0 Å². The SMILES string of the molecule is O=C(CC1=CCCCC1)c1ccc(Cl)c(Cl)c1. The van der Waals surface area contributed by atoms with Gasteiger partial charge in [-0.2, -0.15) is 0 Å². The van der Waals surface area contributed by atoms with Crippen molar-refractivity contribution in [3.8, 4) is 0 Å². The maximum atomic E-state index is 12.0. The highest BCUT2D eigenvalue weighted by Crippen LogP contribution is 2.25. The number of carbonyl (C=O) groups excluding carboxylic acids is 1. The summed E-state index contributed by atoms with van der Waals surface area (Å²) < 4.78 is 0. The Morgan fingerprint density at radius 1 is 1.18 bits per heavy atom. The Labute approximate surface area is 111 Å². The molecular weight excluding hydrogens is 255 g/mol. The highest BCUT2D eigenvalue weighted by atomic mass is 35.5. The van der Waals surface area contributed by atoms with Gasteiger partial charge in [0.15, 0.2) is 5.78 Å². The molecule has 0 N–H and O–H groups in total. The number of carbonyl (C=O) groups is 1. The lowest BCUT2D eigenvalue weighted by molar-refractivity contribution is 0.0991. The monoisotopic (exact) mass is 268 g/mol. The van der Waals surface area contributed by atoms with E-state index >= 15 is 0 Å². The molecule has 0 saturated heterocycles. The minimum Gasteiger partial charge on any atom is -0.294 e. The van der Waals surface area contributed by atoms with Gasteiger partial charge >= 0.3 is 0 Å². The van der Waals surface area contributed by atoms with Gasteiger partial charge in [0.25, 0.3) is 0 Å². The first kappa shape index (κ1) is 12.7. The van der Waals surface area contributed by atoms with E-state index in [4.69, 9.17) is 23.2 Å². The number of benzene rings is 1. The van der Waals surface area contributed by atoms with Crippen molar-refractivity contribution in [3.63, 3.8) is 0 Å². The van der Waals surface area contributed by atoms with Gasteiger partial charge in [0.1, 0.15) is 0 Å². The summed E-state index contributed by atoms with van der Waals surface area (Å²) in [5.41, 5.74) is 1.90. The number of allylic oxidation sites excluding steroid dienone is 2. The molecule has 0 heterocycles. The van der Waals surface area contributed by atoms with Crippen molar-refractivity contribution >= 4 is 29.0 Å². The lowest BCUT2D eigenvalue weighted by Gasteiger charge is -2.12. The zero-order valence-electron chi connectivity index (χ0n) is 9.51. The van der Waals surface area contributed by atoms with Crippen molar-refractivity contribution in [2.75, 3.05) is 0 Å². The van der Waals surface area contributed by atoms with Crippen LogP contribution in [0.15, 0.2) is 29.8 Å². The average Bonchev–Trinajstić information content (AvgIpc) is 2.34. The van der Waals surface area contributed by atoms with E-state index in [9.17, 15) is 4.79 Å². The van der Waals surface area contributed by atoms with Gasteiger partial charge in [0.2, 0.25) is 0 Å². The van der Waals surface area contributed by atoms with E-state index in [1.54, 1.807) is 18.2 Å². The molecule has 1 aliphatic carbocycles. The lowest BCUT2D eigenvalue weighted by Crippen LogP contribution is -2.03. The Morgan fingerprint density at radius 3 is 2.65 bits per heavy atom. The summed E-state index contributed by atoms with van der Waals surface area (Å²) in [4.78, 5) is 12.0. The van der Waals surface area contributed by atoms with E-state index in [-0.39, 0.29) is 5.78 Å². The molecule has 0 aliphatic heterocycles.